The molecule has 0 fully saturated rings. The predicted molar refractivity (Wildman–Crippen MR) is 76.2 cm³/mol. The second-order valence-corrected chi connectivity index (χ2v) is 5.03. The number of hydrogen-bond donors (Lipinski definition) is 2. The summed E-state index contributed by atoms with van der Waals surface area (Å²) in [5.41, 5.74) is 2.73. The molecule has 0 aliphatic carbocycles. The van der Waals surface area contributed by atoms with E-state index in [1.165, 1.54) is 14.0 Å². The van der Waals surface area contributed by atoms with E-state index >= 15 is 0 Å². The lowest BCUT2D eigenvalue weighted by Crippen LogP contribution is -2.31. The number of benzene rings is 1. The predicted octanol–water partition coefficient (Wildman–Crippen LogP) is 2.72. The van der Waals surface area contributed by atoms with Crippen molar-refractivity contribution in [3.8, 4) is 0 Å². The van der Waals surface area contributed by atoms with Gasteiger partial charge < -0.3 is 4.52 Å². The summed E-state index contributed by atoms with van der Waals surface area (Å²) in [5.74, 6) is -0.760. The van der Waals surface area contributed by atoms with Crippen LogP contribution >= 0.6 is 11.6 Å². The van der Waals surface area contributed by atoms with E-state index in [9.17, 15) is 22.8 Å². The minimum absolute atomic E-state index is 0.0175. The van der Waals surface area contributed by atoms with Gasteiger partial charge in [-0.1, -0.05) is 11.6 Å². The smallest absolute Gasteiger partial charge is 0.336 e. The third-order valence-corrected chi connectivity index (χ3v) is 3.35. The molecule has 23 heavy (non-hydrogen) atoms. The van der Waals surface area contributed by atoms with Crippen LogP contribution in [0.25, 0.3) is 0 Å². The van der Waals surface area contributed by atoms with Gasteiger partial charge in [0, 0.05) is 7.05 Å². The lowest BCUT2D eigenvalue weighted by Gasteiger charge is -2.13. The molecule has 0 aliphatic heterocycles. The molecule has 0 atom stereocenters. The first-order valence-corrected chi connectivity index (χ1v) is 6.59. The second-order valence-electron chi connectivity index (χ2n) is 4.62. The first-order valence-electron chi connectivity index (χ1n) is 6.21. The van der Waals surface area contributed by atoms with E-state index in [0.717, 1.165) is 22.9 Å². The molecule has 0 radical (unpaired) electrons. The number of hydrogen-bond acceptors (Lipinski definition) is 4. The van der Waals surface area contributed by atoms with E-state index in [1.807, 2.05) is 0 Å². The number of alkyl halides is 3. The Morgan fingerprint density at radius 1 is 1.35 bits per heavy atom. The molecule has 0 aliphatic rings. The highest BCUT2D eigenvalue weighted by molar-refractivity contribution is 6.33. The number of hydrazine groups is 1. The molecule has 1 aromatic carbocycles. The normalized spacial score (nSPS) is 11.4. The SMILES string of the molecule is Cc1c(C(=O)NNc2cc(C(F)(F)F)ccc2Cl)n(C)oc1=O. The van der Waals surface area contributed by atoms with Crippen molar-refractivity contribution in [2.24, 2.45) is 7.05 Å². The van der Waals surface area contributed by atoms with Crippen LogP contribution in [0.4, 0.5) is 18.9 Å². The molecule has 6 nitrogen and oxygen atoms in total. The average Bonchev–Trinajstić information content (AvgIpc) is 2.69. The number of aryl methyl sites for hydroxylation is 1. The maximum Gasteiger partial charge on any atom is 0.416 e. The van der Waals surface area contributed by atoms with Crippen LogP contribution < -0.4 is 16.5 Å². The molecule has 2 N–H and O–H groups in total. The molecule has 0 spiro atoms. The molecule has 1 heterocycles. The van der Waals surface area contributed by atoms with Gasteiger partial charge in [-0.05, 0) is 25.1 Å². The zero-order chi connectivity index (χ0) is 17.4. The maximum atomic E-state index is 12.7. The molecule has 2 rings (SSSR count). The molecule has 1 aromatic heterocycles. The van der Waals surface area contributed by atoms with Gasteiger partial charge in [0.1, 0.15) is 0 Å². The Labute approximate surface area is 132 Å². The first kappa shape index (κ1) is 16.9. The summed E-state index contributed by atoms with van der Waals surface area (Å²) in [5, 5.41) is -0.0175. The summed E-state index contributed by atoms with van der Waals surface area (Å²) < 4.78 is 43.7. The number of carbonyl (C=O) groups excluding carboxylic acids is 1. The van der Waals surface area contributed by atoms with Gasteiger partial charge in [0.2, 0.25) is 0 Å². The summed E-state index contributed by atoms with van der Waals surface area (Å²) in [6, 6.07) is 2.63. The van der Waals surface area contributed by atoms with Crippen LogP contribution in [0.5, 0.6) is 0 Å². The number of nitrogens with one attached hydrogen (secondary N) is 2. The fourth-order valence-corrected chi connectivity index (χ4v) is 2.03. The van der Waals surface area contributed by atoms with Crippen molar-refractivity contribution in [3.05, 3.63) is 50.5 Å². The molecule has 2 aromatic rings. The molecule has 0 unspecified atom stereocenters. The van der Waals surface area contributed by atoms with Crippen molar-refractivity contribution in [2.45, 2.75) is 13.1 Å². The summed E-state index contributed by atoms with van der Waals surface area (Å²) in [4.78, 5) is 23.3. The van der Waals surface area contributed by atoms with Crippen LogP contribution in [0, 0.1) is 6.92 Å². The van der Waals surface area contributed by atoms with Gasteiger partial charge in [0.15, 0.2) is 5.69 Å². The number of rotatable bonds is 3. The number of halogens is 4. The van der Waals surface area contributed by atoms with Gasteiger partial charge in [0.05, 0.1) is 21.8 Å². The lowest BCUT2D eigenvalue weighted by molar-refractivity contribution is -0.137. The maximum absolute atomic E-state index is 12.7. The number of nitrogens with zero attached hydrogens (tertiary/aromatic N) is 1. The third-order valence-electron chi connectivity index (χ3n) is 3.02. The Bertz CT molecular complexity index is 811. The quantitative estimate of drug-likeness (QED) is 0.835. The van der Waals surface area contributed by atoms with Crippen LogP contribution in [0.3, 0.4) is 0 Å². The Morgan fingerprint density at radius 2 is 2.00 bits per heavy atom. The van der Waals surface area contributed by atoms with Gasteiger partial charge in [0.25, 0.3) is 5.91 Å². The van der Waals surface area contributed by atoms with Crippen LogP contribution in [0.1, 0.15) is 21.6 Å². The highest BCUT2D eigenvalue weighted by atomic mass is 35.5. The number of amides is 1. The minimum Gasteiger partial charge on any atom is -0.336 e. The Balaban J connectivity index is 2.21. The van der Waals surface area contributed by atoms with Crippen molar-refractivity contribution in [2.75, 3.05) is 5.43 Å². The van der Waals surface area contributed by atoms with Crippen LogP contribution in [-0.2, 0) is 13.2 Å². The van der Waals surface area contributed by atoms with Crippen molar-refractivity contribution in [3.63, 3.8) is 0 Å². The summed E-state index contributed by atoms with van der Waals surface area (Å²) in [6.07, 6.45) is -4.55. The van der Waals surface area contributed by atoms with Crippen LogP contribution in [-0.4, -0.2) is 10.6 Å². The standard InChI is InChI=1S/C13H11ClF3N3O3/c1-6-10(20(2)23-12(6)22)11(21)19-18-9-5-7(13(15,16)17)3-4-8(9)14/h3-5,18H,1-2H3,(H,19,21). The van der Waals surface area contributed by atoms with Gasteiger partial charge >= 0.3 is 11.8 Å². The molecule has 0 saturated carbocycles. The Kier molecular flexibility index (Phi) is 4.42. The zero-order valence-corrected chi connectivity index (χ0v) is 12.7. The third kappa shape index (κ3) is 3.50. The van der Waals surface area contributed by atoms with Crippen molar-refractivity contribution >= 4 is 23.2 Å². The zero-order valence-electron chi connectivity index (χ0n) is 11.9. The van der Waals surface area contributed by atoms with Crippen LogP contribution in [0.15, 0.2) is 27.5 Å². The number of carbonyl (C=O) groups is 1. The van der Waals surface area contributed by atoms with Gasteiger partial charge in [-0.25, -0.2) is 9.53 Å². The summed E-state index contributed by atoms with van der Waals surface area (Å²) in [6.45, 7) is 1.39. The average molecular weight is 350 g/mol. The molecule has 0 saturated heterocycles. The molecular weight excluding hydrogens is 339 g/mol. The highest BCUT2D eigenvalue weighted by Crippen LogP contribution is 2.33. The van der Waals surface area contributed by atoms with E-state index in [0.29, 0.717) is 0 Å². The topological polar surface area (TPSA) is 76.3 Å². The fraction of sp³-hybridized carbons (Fsp3) is 0.231. The molecule has 124 valence electrons. The minimum atomic E-state index is -4.55. The Morgan fingerprint density at radius 3 is 2.52 bits per heavy atom. The number of aromatic nitrogens is 1. The van der Waals surface area contributed by atoms with E-state index in [4.69, 9.17) is 16.1 Å². The van der Waals surface area contributed by atoms with E-state index in [1.54, 1.807) is 0 Å². The molecule has 10 heteroatoms. The molecular formula is C13H11ClF3N3O3. The van der Waals surface area contributed by atoms with E-state index in [2.05, 4.69) is 10.9 Å². The van der Waals surface area contributed by atoms with Crippen molar-refractivity contribution < 1.29 is 22.5 Å². The van der Waals surface area contributed by atoms with Crippen molar-refractivity contribution in [1.82, 2.24) is 10.2 Å². The molecule has 0 bridgehead atoms. The van der Waals surface area contributed by atoms with Crippen molar-refractivity contribution in [1.29, 1.82) is 0 Å². The summed E-state index contributed by atoms with van der Waals surface area (Å²) in [7, 11) is 1.35. The lowest BCUT2D eigenvalue weighted by atomic mass is 10.2. The van der Waals surface area contributed by atoms with E-state index < -0.39 is 23.3 Å². The van der Waals surface area contributed by atoms with Gasteiger partial charge in [-0.2, -0.15) is 13.2 Å². The number of anilines is 1. The monoisotopic (exact) mass is 349 g/mol. The largest absolute Gasteiger partial charge is 0.416 e. The van der Waals surface area contributed by atoms with E-state index in [-0.39, 0.29) is 22.0 Å². The second kappa shape index (κ2) is 5.99. The van der Waals surface area contributed by atoms with Crippen LogP contribution in [0.2, 0.25) is 5.02 Å². The van der Waals surface area contributed by atoms with Gasteiger partial charge in [-0.3, -0.25) is 15.6 Å². The van der Waals surface area contributed by atoms with Gasteiger partial charge in [-0.15, -0.1) is 0 Å². The fourth-order valence-electron chi connectivity index (χ4n) is 1.87. The first-order chi connectivity index (χ1) is 10.6. The highest BCUT2D eigenvalue weighted by Gasteiger charge is 2.31. The Hall–Kier alpha value is -2.42. The molecule has 1 amide bonds. The summed E-state index contributed by atoms with van der Waals surface area (Å²) >= 11 is 5.79.